The van der Waals surface area contributed by atoms with E-state index in [0.29, 0.717) is 27.7 Å². The van der Waals surface area contributed by atoms with Crippen molar-refractivity contribution in [3.8, 4) is 17.1 Å². The molecule has 0 radical (unpaired) electrons. The van der Waals surface area contributed by atoms with Crippen molar-refractivity contribution in [1.82, 2.24) is 14.5 Å². The van der Waals surface area contributed by atoms with Gasteiger partial charge in [-0.25, -0.2) is 9.37 Å². The quantitative estimate of drug-likeness (QED) is 0.329. The first-order chi connectivity index (χ1) is 17.2. The molecule has 1 unspecified atom stereocenters. The van der Waals surface area contributed by atoms with Crippen molar-refractivity contribution in [2.45, 2.75) is 25.9 Å². The maximum absolute atomic E-state index is 14.0. The van der Waals surface area contributed by atoms with Gasteiger partial charge in [-0.3, -0.25) is 9.69 Å². The highest BCUT2D eigenvalue weighted by Gasteiger charge is 2.43. The van der Waals surface area contributed by atoms with E-state index in [9.17, 15) is 9.18 Å². The summed E-state index contributed by atoms with van der Waals surface area (Å²) in [6.45, 7) is 4.05. The van der Waals surface area contributed by atoms with E-state index in [4.69, 9.17) is 33.7 Å². The number of carbonyl (C=O) groups is 1. The van der Waals surface area contributed by atoms with Crippen molar-refractivity contribution in [3.05, 3.63) is 87.4 Å². The Labute approximate surface area is 217 Å². The van der Waals surface area contributed by atoms with E-state index in [2.05, 4.69) is 14.5 Å². The van der Waals surface area contributed by atoms with Crippen LogP contribution in [0.25, 0.3) is 11.3 Å². The lowest BCUT2D eigenvalue weighted by Crippen LogP contribution is -2.30. The number of nitrogens with zero attached hydrogens (tertiary/aromatic N) is 4. The number of amides is 1. The number of aromatic nitrogens is 3. The second kappa shape index (κ2) is 9.11. The molecule has 2 aromatic carbocycles. The van der Waals surface area contributed by atoms with Gasteiger partial charge in [0.15, 0.2) is 0 Å². The summed E-state index contributed by atoms with van der Waals surface area (Å²) in [5.74, 6) is -0.417. The van der Waals surface area contributed by atoms with Crippen LogP contribution in [0.4, 0.5) is 16.0 Å². The Morgan fingerprint density at radius 1 is 1.08 bits per heavy atom. The van der Waals surface area contributed by atoms with Gasteiger partial charge in [0.05, 0.1) is 34.6 Å². The number of fused-ring (bicyclic) bond motifs is 1. The zero-order chi connectivity index (χ0) is 25.7. The van der Waals surface area contributed by atoms with Crippen LogP contribution in [0.1, 0.15) is 47.5 Å². The van der Waals surface area contributed by atoms with Crippen molar-refractivity contribution in [3.63, 3.8) is 0 Å². The molecule has 36 heavy (non-hydrogen) atoms. The number of nitrogens with two attached hydrogens (primary N) is 1. The van der Waals surface area contributed by atoms with Gasteiger partial charge in [-0.05, 0) is 55.8 Å². The maximum Gasteiger partial charge on any atom is 0.261 e. The molecule has 1 aliphatic heterocycles. The van der Waals surface area contributed by atoms with Crippen molar-refractivity contribution in [1.29, 1.82) is 0 Å². The number of anilines is 2. The van der Waals surface area contributed by atoms with Crippen molar-refractivity contribution >= 4 is 40.7 Å². The summed E-state index contributed by atoms with van der Waals surface area (Å²) in [5, 5.41) is 0.506. The molecule has 184 valence electrons. The predicted octanol–water partition coefficient (Wildman–Crippen LogP) is 6.31. The molecule has 1 amide bonds. The zero-order valence-corrected chi connectivity index (χ0v) is 21.2. The van der Waals surface area contributed by atoms with Crippen LogP contribution in [0, 0.1) is 5.82 Å². The second-order valence-corrected chi connectivity index (χ2v) is 9.51. The molecule has 0 spiro atoms. The van der Waals surface area contributed by atoms with Gasteiger partial charge in [0.1, 0.15) is 11.9 Å². The molecular formula is C26H22Cl2FN5O2. The lowest BCUT2D eigenvalue weighted by atomic mass is 10.0. The molecule has 1 aliphatic rings. The van der Waals surface area contributed by atoms with Crippen LogP contribution in [-0.4, -0.2) is 27.6 Å². The number of hydrogen-bond donors (Lipinski definition) is 1. The van der Waals surface area contributed by atoms with Crippen LogP contribution in [0.2, 0.25) is 10.0 Å². The zero-order valence-electron chi connectivity index (χ0n) is 19.7. The molecule has 0 bridgehead atoms. The fourth-order valence-electron chi connectivity index (χ4n) is 4.69. The number of rotatable bonds is 5. The Kier molecular flexibility index (Phi) is 6.10. The summed E-state index contributed by atoms with van der Waals surface area (Å²) in [4.78, 5) is 23.9. The molecule has 3 heterocycles. The van der Waals surface area contributed by atoms with Crippen molar-refractivity contribution < 1.29 is 13.9 Å². The van der Waals surface area contributed by atoms with Crippen molar-refractivity contribution in [2.75, 3.05) is 17.7 Å². The fraction of sp³-hybridized carbons (Fsp3) is 0.192. The lowest BCUT2D eigenvalue weighted by Gasteiger charge is -2.29. The van der Waals surface area contributed by atoms with Gasteiger partial charge in [-0.15, -0.1) is 0 Å². The molecule has 5 rings (SSSR count). The smallest absolute Gasteiger partial charge is 0.261 e. The Morgan fingerprint density at radius 2 is 1.81 bits per heavy atom. The summed E-state index contributed by atoms with van der Waals surface area (Å²) in [6, 6.07) is 12.8. The number of halogens is 3. The summed E-state index contributed by atoms with van der Waals surface area (Å²) < 4.78 is 21.5. The highest BCUT2D eigenvalue weighted by molar-refractivity contribution is 6.31. The third kappa shape index (κ3) is 3.86. The Morgan fingerprint density at radius 3 is 2.44 bits per heavy atom. The molecule has 2 N–H and O–H groups in total. The van der Waals surface area contributed by atoms with E-state index in [1.165, 1.54) is 19.2 Å². The topological polar surface area (TPSA) is 86.3 Å². The van der Waals surface area contributed by atoms with Crippen LogP contribution in [-0.2, 0) is 0 Å². The first kappa shape index (κ1) is 24.1. The van der Waals surface area contributed by atoms with E-state index in [1.807, 2.05) is 32.0 Å². The molecule has 10 heteroatoms. The number of methoxy groups -OCH3 is 1. The summed E-state index contributed by atoms with van der Waals surface area (Å²) in [5.41, 5.74) is 9.68. The summed E-state index contributed by atoms with van der Waals surface area (Å²) in [7, 11) is 1.50. The number of nitrogen functional groups attached to an aromatic ring is 1. The van der Waals surface area contributed by atoms with E-state index >= 15 is 0 Å². The minimum absolute atomic E-state index is 0.0506. The number of benzene rings is 2. The van der Waals surface area contributed by atoms with Crippen LogP contribution in [0.3, 0.4) is 0 Å². The first-order valence-electron chi connectivity index (χ1n) is 11.2. The minimum Gasteiger partial charge on any atom is -0.480 e. The predicted molar refractivity (Wildman–Crippen MR) is 138 cm³/mol. The lowest BCUT2D eigenvalue weighted by molar-refractivity contribution is 0.0993. The second-order valence-electron chi connectivity index (χ2n) is 8.67. The molecule has 0 saturated carbocycles. The van der Waals surface area contributed by atoms with Gasteiger partial charge in [0, 0.05) is 22.9 Å². The van der Waals surface area contributed by atoms with Gasteiger partial charge in [0.2, 0.25) is 11.8 Å². The van der Waals surface area contributed by atoms with Gasteiger partial charge in [0.25, 0.3) is 5.91 Å². The number of hydrogen-bond acceptors (Lipinski definition) is 5. The van der Waals surface area contributed by atoms with Crippen LogP contribution in [0.5, 0.6) is 5.88 Å². The number of ether oxygens (including phenoxy) is 1. The molecule has 0 fully saturated rings. The van der Waals surface area contributed by atoms with Crippen LogP contribution in [0.15, 0.2) is 54.7 Å². The van der Waals surface area contributed by atoms with E-state index in [1.54, 1.807) is 29.3 Å². The Bertz CT molecular complexity index is 1490. The fourth-order valence-corrected chi connectivity index (χ4v) is 4.99. The molecule has 0 aliphatic carbocycles. The summed E-state index contributed by atoms with van der Waals surface area (Å²) in [6.07, 6.45) is 1.59. The van der Waals surface area contributed by atoms with Crippen LogP contribution >= 0.6 is 23.2 Å². The number of carbonyl (C=O) groups excluding carboxylic acids is 1. The van der Waals surface area contributed by atoms with Gasteiger partial charge >= 0.3 is 0 Å². The van der Waals surface area contributed by atoms with E-state index in [0.717, 1.165) is 17.0 Å². The maximum atomic E-state index is 14.0. The van der Waals surface area contributed by atoms with Gasteiger partial charge < -0.3 is 15.0 Å². The third-order valence-corrected chi connectivity index (χ3v) is 6.71. The average Bonchev–Trinajstić information content (AvgIpc) is 3.36. The highest BCUT2D eigenvalue weighted by Crippen LogP contribution is 2.47. The highest BCUT2D eigenvalue weighted by atomic mass is 35.5. The SMILES string of the molecule is COc1nc(N)ncc1-c1cc2c(n1C(C)C)C(c1ccc(Cl)cc1)N(c1ccc(F)c(Cl)c1)C2=O. The van der Waals surface area contributed by atoms with E-state index < -0.39 is 11.9 Å². The summed E-state index contributed by atoms with van der Waals surface area (Å²) >= 11 is 12.3. The minimum atomic E-state index is -0.558. The molecular weight excluding hydrogens is 504 g/mol. The third-order valence-electron chi connectivity index (χ3n) is 6.17. The van der Waals surface area contributed by atoms with Crippen molar-refractivity contribution in [2.24, 2.45) is 0 Å². The molecule has 2 aromatic heterocycles. The van der Waals surface area contributed by atoms with Gasteiger partial charge in [-0.2, -0.15) is 4.98 Å². The van der Waals surface area contributed by atoms with E-state index in [-0.39, 0.29) is 22.9 Å². The molecule has 4 aromatic rings. The first-order valence-corrected chi connectivity index (χ1v) is 11.9. The molecule has 7 nitrogen and oxygen atoms in total. The largest absolute Gasteiger partial charge is 0.480 e. The Balaban J connectivity index is 1.78. The van der Waals surface area contributed by atoms with Crippen LogP contribution < -0.4 is 15.4 Å². The monoisotopic (exact) mass is 525 g/mol. The standard InChI is InChI=1S/C26H22Cl2FN5O2/c1-13(2)33-21(18-12-31-26(30)32-24(18)36-3)11-17-23(33)22(14-4-6-15(27)7-5-14)34(25(17)35)16-8-9-20(29)19(28)10-16/h4-13,22H,1-3H3,(H2,30,31,32). The van der Waals surface area contributed by atoms with Gasteiger partial charge in [-0.1, -0.05) is 35.3 Å². The average molecular weight is 526 g/mol. The Hall–Kier alpha value is -3.62. The molecule has 1 atom stereocenters. The molecule has 0 saturated heterocycles. The normalized spacial score (nSPS) is 15.0.